The van der Waals surface area contributed by atoms with Crippen LogP contribution in [0.3, 0.4) is 0 Å². The number of nitrogens with one attached hydrogen (secondary N) is 1. The molecule has 0 spiro atoms. The van der Waals surface area contributed by atoms with Gasteiger partial charge in [0.25, 0.3) is 0 Å². The van der Waals surface area contributed by atoms with E-state index in [4.69, 9.17) is 0 Å². The van der Waals surface area contributed by atoms with Crippen LogP contribution in [-0.2, 0) is 4.79 Å². The molecular weight excluding hydrogens is 228 g/mol. The molecule has 2 N–H and O–H groups in total. The third kappa shape index (κ3) is 1.91. The zero-order valence-electron chi connectivity index (χ0n) is 9.34. The Morgan fingerprint density at radius 3 is 2.59 bits per heavy atom. The van der Waals surface area contributed by atoms with Crippen LogP contribution >= 0.6 is 0 Å². The van der Waals surface area contributed by atoms with Crippen molar-refractivity contribution in [3.8, 4) is 0 Å². The summed E-state index contributed by atoms with van der Waals surface area (Å²) in [6, 6.07) is 2.40. The number of hydrogen-bond acceptors (Lipinski definition) is 2. The predicted octanol–water partition coefficient (Wildman–Crippen LogP) is 2.09. The second kappa shape index (κ2) is 4.07. The van der Waals surface area contributed by atoms with Crippen LogP contribution in [-0.4, -0.2) is 18.1 Å². The lowest BCUT2D eigenvalue weighted by molar-refractivity contribution is -0.144. The molecule has 1 atom stereocenters. The minimum absolute atomic E-state index is 0.0763. The molecule has 3 nitrogen and oxygen atoms in total. The van der Waals surface area contributed by atoms with Crippen LogP contribution in [0.2, 0.25) is 0 Å². The molecule has 92 valence electrons. The summed E-state index contributed by atoms with van der Waals surface area (Å²) >= 11 is 0. The lowest BCUT2D eigenvalue weighted by atomic mass is 9.90. The van der Waals surface area contributed by atoms with Crippen molar-refractivity contribution in [1.82, 2.24) is 5.32 Å². The van der Waals surface area contributed by atoms with Gasteiger partial charge in [-0.1, -0.05) is 0 Å². The predicted molar refractivity (Wildman–Crippen MR) is 57.5 cm³/mol. The number of aliphatic carboxylic acids is 1. The van der Waals surface area contributed by atoms with E-state index in [0.717, 1.165) is 18.2 Å². The van der Waals surface area contributed by atoms with Gasteiger partial charge in [-0.15, -0.1) is 0 Å². The first-order valence-electron chi connectivity index (χ1n) is 5.37. The molecule has 0 bridgehead atoms. The summed E-state index contributed by atoms with van der Waals surface area (Å²) in [5.41, 5.74) is -0.920. The molecule has 1 aliphatic carbocycles. The van der Waals surface area contributed by atoms with Crippen LogP contribution < -0.4 is 5.32 Å². The number of carboxylic acid groups (broad SMARTS) is 1. The lowest BCUT2D eigenvalue weighted by Gasteiger charge is -2.24. The molecule has 1 aromatic carbocycles. The Morgan fingerprint density at radius 2 is 2.12 bits per heavy atom. The van der Waals surface area contributed by atoms with Gasteiger partial charge < -0.3 is 10.4 Å². The SMILES string of the molecule is CNC(c1cc(F)ccc1F)C1(C(=O)O)CC1. The first-order chi connectivity index (χ1) is 8.01. The number of carboxylic acids is 1. The molecule has 1 saturated carbocycles. The Balaban J connectivity index is 2.42. The Labute approximate surface area is 97.5 Å². The number of halogens is 2. The molecule has 0 radical (unpaired) electrons. The zero-order chi connectivity index (χ0) is 12.6. The molecule has 1 aromatic rings. The minimum atomic E-state index is -0.997. The van der Waals surface area contributed by atoms with Crippen molar-refractivity contribution >= 4 is 5.97 Å². The fourth-order valence-electron chi connectivity index (χ4n) is 2.23. The summed E-state index contributed by atoms with van der Waals surface area (Å²) in [4.78, 5) is 11.2. The molecule has 0 aliphatic heterocycles. The van der Waals surface area contributed by atoms with E-state index in [1.807, 2.05) is 0 Å². The van der Waals surface area contributed by atoms with E-state index in [1.54, 1.807) is 7.05 Å². The topological polar surface area (TPSA) is 49.3 Å². The standard InChI is InChI=1S/C12H13F2NO2/c1-15-10(12(4-5-12)11(16)17)8-6-7(13)2-3-9(8)14/h2-3,6,10,15H,4-5H2,1H3,(H,16,17). The van der Waals surface area contributed by atoms with Crippen LogP contribution in [0.1, 0.15) is 24.4 Å². The van der Waals surface area contributed by atoms with Crippen molar-refractivity contribution in [3.63, 3.8) is 0 Å². The maximum atomic E-state index is 13.6. The maximum Gasteiger partial charge on any atom is 0.311 e. The third-order valence-corrected chi connectivity index (χ3v) is 3.32. The van der Waals surface area contributed by atoms with Gasteiger partial charge in [0.05, 0.1) is 11.5 Å². The number of carbonyl (C=O) groups is 1. The highest BCUT2D eigenvalue weighted by Crippen LogP contribution is 2.55. The van der Waals surface area contributed by atoms with E-state index in [0.29, 0.717) is 12.8 Å². The molecule has 2 rings (SSSR count). The summed E-state index contributed by atoms with van der Waals surface area (Å²) in [6.07, 6.45) is 0.952. The fourth-order valence-corrected chi connectivity index (χ4v) is 2.23. The summed E-state index contributed by atoms with van der Waals surface area (Å²) < 4.78 is 26.7. The van der Waals surface area contributed by atoms with Crippen molar-refractivity contribution in [3.05, 3.63) is 35.4 Å². The van der Waals surface area contributed by atoms with Crippen LogP contribution in [0.5, 0.6) is 0 Å². The average molecular weight is 241 g/mol. The Kier molecular flexibility index (Phi) is 2.87. The van der Waals surface area contributed by atoms with Gasteiger partial charge in [0.2, 0.25) is 0 Å². The molecular formula is C12H13F2NO2. The summed E-state index contributed by atoms with van der Waals surface area (Å²) in [5.74, 6) is -2.12. The van der Waals surface area contributed by atoms with E-state index < -0.39 is 29.1 Å². The first-order valence-corrected chi connectivity index (χ1v) is 5.37. The molecule has 0 heterocycles. The normalized spacial score (nSPS) is 18.8. The summed E-state index contributed by atoms with van der Waals surface area (Å²) in [6.45, 7) is 0. The highest BCUT2D eigenvalue weighted by molar-refractivity contribution is 5.79. The Morgan fingerprint density at radius 1 is 1.47 bits per heavy atom. The van der Waals surface area contributed by atoms with Crippen LogP contribution in [0.15, 0.2) is 18.2 Å². The van der Waals surface area contributed by atoms with E-state index in [9.17, 15) is 18.7 Å². The van der Waals surface area contributed by atoms with Crippen LogP contribution in [0.25, 0.3) is 0 Å². The van der Waals surface area contributed by atoms with Gasteiger partial charge >= 0.3 is 5.97 Å². The van der Waals surface area contributed by atoms with Gasteiger partial charge in [-0.3, -0.25) is 4.79 Å². The zero-order valence-corrected chi connectivity index (χ0v) is 9.34. The van der Waals surface area contributed by atoms with Gasteiger partial charge in [0.1, 0.15) is 11.6 Å². The van der Waals surface area contributed by atoms with Gasteiger partial charge in [-0.25, -0.2) is 8.78 Å². The lowest BCUT2D eigenvalue weighted by Crippen LogP contribution is -2.33. The molecule has 1 unspecified atom stereocenters. The first kappa shape index (κ1) is 12.0. The molecule has 17 heavy (non-hydrogen) atoms. The molecule has 0 amide bonds. The van der Waals surface area contributed by atoms with Gasteiger partial charge in [0, 0.05) is 5.56 Å². The average Bonchev–Trinajstić information content (AvgIpc) is 3.06. The van der Waals surface area contributed by atoms with E-state index >= 15 is 0 Å². The fraction of sp³-hybridized carbons (Fsp3) is 0.417. The number of rotatable bonds is 4. The van der Waals surface area contributed by atoms with Crippen LogP contribution in [0, 0.1) is 17.0 Å². The second-order valence-electron chi connectivity index (χ2n) is 4.35. The summed E-state index contributed by atoms with van der Waals surface area (Å²) in [7, 11) is 1.55. The maximum absolute atomic E-state index is 13.6. The van der Waals surface area contributed by atoms with Crippen molar-refractivity contribution in [2.75, 3.05) is 7.05 Å². The highest BCUT2D eigenvalue weighted by Gasteiger charge is 2.56. The largest absolute Gasteiger partial charge is 0.481 e. The molecule has 0 aromatic heterocycles. The second-order valence-corrected chi connectivity index (χ2v) is 4.35. The molecule has 0 saturated heterocycles. The van der Waals surface area contributed by atoms with Crippen molar-refractivity contribution in [1.29, 1.82) is 0 Å². The number of hydrogen-bond donors (Lipinski definition) is 2. The van der Waals surface area contributed by atoms with E-state index in [-0.39, 0.29) is 5.56 Å². The van der Waals surface area contributed by atoms with Crippen molar-refractivity contribution in [2.45, 2.75) is 18.9 Å². The Hall–Kier alpha value is -1.49. The van der Waals surface area contributed by atoms with E-state index in [1.165, 1.54) is 0 Å². The third-order valence-electron chi connectivity index (χ3n) is 3.32. The van der Waals surface area contributed by atoms with Crippen LogP contribution in [0.4, 0.5) is 8.78 Å². The monoisotopic (exact) mass is 241 g/mol. The minimum Gasteiger partial charge on any atom is -0.481 e. The van der Waals surface area contributed by atoms with Crippen molar-refractivity contribution in [2.24, 2.45) is 5.41 Å². The highest BCUT2D eigenvalue weighted by atomic mass is 19.1. The van der Waals surface area contributed by atoms with Crippen molar-refractivity contribution < 1.29 is 18.7 Å². The smallest absolute Gasteiger partial charge is 0.311 e. The number of benzene rings is 1. The molecule has 1 aliphatic rings. The summed E-state index contributed by atoms with van der Waals surface area (Å²) in [5, 5.41) is 12.0. The van der Waals surface area contributed by atoms with Gasteiger partial charge in [-0.05, 0) is 38.1 Å². The Bertz CT molecular complexity index is 458. The molecule has 1 fully saturated rings. The van der Waals surface area contributed by atoms with E-state index in [2.05, 4.69) is 5.32 Å². The molecule has 5 heteroatoms. The van der Waals surface area contributed by atoms with Gasteiger partial charge in [-0.2, -0.15) is 0 Å². The quantitative estimate of drug-likeness (QED) is 0.848. The van der Waals surface area contributed by atoms with Gasteiger partial charge in [0.15, 0.2) is 0 Å².